The second kappa shape index (κ2) is 5.71. The number of nitrogens with zero attached hydrogens (tertiary/aromatic N) is 3. The molecule has 0 aliphatic heterocycles. The topological polar surface area (TPSA) is 76.3 Å². The van der Waals surface area contributed by atoms with Crippen LogP contribution in [-0.2, 0) is 0 Å². The Balaban J connectivity index is 1.93. The van der Waals surface area contributed by atoms with Crippen LogP contribution in [0.1, 0.15) is 48.7 Å². The Kier molecular flexibility index (Phi) is 3.75. The normalized spacial score (nSPS) is 14.1. The van der Waals surface area contributed by atoms with E-state index in [1.165, 1.54) is 0 Å². The molecule has 1 saturated carbocycles. The van der Waals surface area contributed by atoms with Gasteiger partial charge in [0.2, 0.25) is 0 Å². The molecule has 2 aromatic rings. The lowest BCUT2D eigenvalue weighted by atomic mass is 10.1. The molecule has 0 unspecified atom stereocenters. The average Bonchev–Trinajstić information content (AvgIpc) is 3.21. The Bertz CT molecular complexity index is 699. The Labute approximate surface area is 128 Å². The molecule has 1 N–H and O–H groups in total. The van der Waals surface area contributed by atoms with Crippen LogP contribution >= 0.6 is 0 Å². The summed E-state index contributed by atoms with van der Waals surface area (Å²) in [5.74, 6) is 0.0840. The highest BCUT2D eigenvalue weighted by Crippen LogP contribution is 2.24. The van der Waals surface area contributed by atoms with Crippen LogP contribution in [0.4, 0.5) is 5.69 Å². The summed E-state index contributed by atoms with van der Waals surface area (Å²) in [6.07, 6.45) is 3.85. The van der Waals surface area contributed by atoms with E-state index in [1.807, 2.05) is 13.8 Å². The van der Waals surface area contributed by atoms with Crippen LogP contribution in [0, 0.1) is 4.91 Å². The highest BCUT2D eigenvalue weighted by Gasteiger charge is 2.26. The molecule has 1 aromatic heterocycles. The first kappa shape index (κ1) is 14.4. The van der Waals surface area contributed by atoms with Gasteiger partial charge in [0.05, 0.1) is 16.9 Å². The number of aromatic nitrogens is 2. The molecule has 1 fully saturated rings. The molecule has 1 aliphatic carbocycles. The van der Waals surface area contributed by atoms with Crippen molar-refractivity contribution in [3.8, 4) is 5.69 Å². The van der Waals surface area contributed by atoms with Gasteiger partial charge >= 0.3 is 0 Å². The van der Waals surface area contributed by atoms with Crippen LogP contribution < -0.4 is 5.32 Å². The quantitative estimate of drug-likeness (QED) is 0.860. The number of rotatable bonds is 5. The number of hydrogen-bond acceptors (Lipinski definition) is 4. The van der Waals surface area contributed by atoms with Crippen molar-refractivity contribution in [3.63, 3.8) is 0 Å². The largest absolute Gasteiger partial charge is 0.349 e. The summed E-state index contributed by atoms with van der Waals surface area (Å²) in [6.45, 7) is 4.03. The molecule has 6 nitrogen and oxygen atoms in total. The molecule has 0 saturated heterocycles. The minimum atomic E-state index is -0.0661. The zero-order valence-corrected chi connectivity index (χ0v) is 12.6. The van der Waals surface area contributed by atoms with E-state index in [0.717, 1.165) is 24.2 Å². The molecule has 0 radical (unpaired) electrons. The predicted octanol–water partition coefficient (Wildman–Crippen LogP) is 3.29. The second-order valence-corrected chi connectivity index (χ2v) is 5.88. The molecular formula is C16H18N4O2. The highest BCUT2D eigenvalue weighted by atomic mass is 16.3. The number of nitroso groups, excluding NO2 is 1. The van der Waals surface area contributed by atoms with Gasteiger partial charge in [-0.15, -0.1) is 4.91 Å². The Morgan fingerprint density at radius 1 is 1.32 bits per heavy atom. The van der Waals surface area contributed by atoms with Crippen molar-refractivity contribution in [1.82, 2.24) is 15.1 Å². The predicted molar refractivity (Wildman–Crippen MR) is 83.6 cm³/mol. The monoisotopic (exact) mass is 298 g/mol. The molecule has 1 heterocycles. The summed E-state index contributed by atoms with van der Waals surface area (Å²) in [6, 6.07) is 7.09. The van der Waals surface area contributed by atoms with Gasteiger partial charge in [-0.25, -0.2) is 4.68 Å². The van der Waals surface area contributed by atoms with Gasteiger partial charge in [-0.3, -0.25) is 4.79 Å². The molecule has 22 heavy (non-hydrogen) atoms. The number of carbonyl (C=O) groups is 1. The first-order valence-corrected chi connectivity index (χ1v) is 7.42. The van der Waals surface area contributed by atoms with E-state index in [-0.39, 0.29) is 11.8 Å². The lowest BCUT2D eigenvalue weighted by Gasteiger charge is -2.05. The van der Waals surface area contributed by atoms with Gasteiger partial charge in [0.1, 0.15) is 5.69 Å². The van der Waals surface area contributed by atoms with Crippen LogP contribution in [0.15, 0.2) is 35.6 Å². The second-order valence-electron chi connectivity index (χ2n) is 5.88. The lowest BCUT2D eigenvalue weighted by molar-refractivity contribution is 0.0950. The molecule has 1 amide bonds. The van der Waals surface area contributed by atoms with Gasteiger partial charge in [0.25, 0.3) is 5.91 Å². The van der Waals surface area contributed by atoms with E-state index in [0.29, 0.717) is 17.3 Å². The van der Waals surface area contributed by atoms with Crippen LogP contribution in [0.3, 0.4) is 0 Å². The standard InChI is InChI=1S/C16H18N4O2/c1-10(2)15-14(16(21)17-11-3-4-11)9-20(18-15)13-7-5-12(19-22)6-8-13/h5-11H,3-4H2,1-2H3,(H,17,21). The number of nitrogens with one attached hydrogen (secondary N) is 1. The molecule has 6 heteroatoms. The summed E-state index contributed by atoms with van der Waals surface area (Å²) in [7, 11) is 0. The van der Waals surface area contributed by atoms with Crippen molar-refractivity contribution in [1.29, 1.82) is 0 Å². The summed E-state index contributed by atoms with van der Waals surface area (Å²) >= 11 is 0. The van der Waals surface area contributed by atoms with E-state index >= 15 is 0 Å². The van der Waals surface area contributed by atoms with Crippen LogP contribution in [0.25, 0.3) is 5.69 Å². The molecule has 1 aliphatic rings. The summed E-state index contributed by atoms with van der Waals surface area (Å²) in [5.41, 5.74) is 2.54. The maximum Gasteiger partial charge on any atom is 0.255 e. The highest BCUT2D eigenvalue weighted by molar-refractivity contribution is 5.95. The lowest BCUT2D eigenvalue weighted by Crippen LogP contribution is -2.26. The SMILES string of the molecule is CC(C)c1nn(-c2ccc(N=O)cc2)cc1C(=O)NC1CC1. The van der Waals surface area contributed by atoms with Crippen LogP contribution in [-0.4, -0.2) is 21.7 Å². The Hall–Kier alpha value is -2.50. The maximum absolute atomic E-state index is 12.3. The maximum atomic E-state index is 12.3. The first-order valence-electron chi connectivity index (χ1n) is 7.42. The average molecular weight is 298 g/mol. The van der Waals surface area contributed by atoms with E-state index in [1.54, 1.807) is 35.1 Å². The third-order valence-corrected chi connectivity index (χ3v) is 3.67. The van der Waals surface area contributed by atoms with Gasteiger partial charge in [0.15, 0.2) is 0 Å². The summed E-state index contributed by atoms with van der Waals surface area (Å²) in [4.78, 5) is 22.8. The van der Waals surface area contributed by atoms with E-state index in [9.17, 15) is 9.70 Å². The number of hydrogen-bond donors (Lipinski definition) is 1. The van der Waals surface area contributed by atoms with E-state index < -0.39 is 0 Å². The molecule has 0 bridgehead atoms. The zero-order valence-electron chi connectivity index (χ0n) is 12.6. The van der Waals surface area contributed by atoms with E-state index in [2.05, 4.69) is 15.6 Å². The molecule has 114 valence electrons. The van der Waals surface area contributed by atoms with Crippen molar-refractivity contribution in [2.45, 2.75) is 38.6 Å². The number of carbonyl (C=O) groups excluding carboxylic acids is 1. The molecule has 1 aromatic carbocycles. The molecule has 0 atom stereocenters. The van der Waals surface area contributed by atoms with Crippen LogP contribution in [0.5, 0.6) is 0 Å². The van der Waals surface area contributed by atoms with Crippen molar-refractivity contribution in [3.05, 3.63) is 46.6 Å². The minimum absolute atomic E-state index is 0.0661. The van der Waals surface area contributed by atoms with Crippen molar-refractivity contribution in [2.24, 2.45) is 5.18 Å². The van der Waals surface area contributed by atoms with Gasteiger partial charge in [-0.2, -0.15) is 5.10 Å². The third-order valence-electron chi connectivity index (χ3n) is 3.67. The number of benzene rings is 1. The zero-order chi connectivity index (χ0) is 15.7. The van der Waals surface area contributed by atoms with Gasteiger partial charge in [-0.1, -0.05) is 13.8 Å². The Morgan fingerprint density at radius 3 is 2.55 bits per heavy atom. The van der Waals surface area contributed by atoms with Gasteiger partial charge in [0, 0.05) is 12.2 Å². The fraction of sp³-hybridized carbons (Fsp3) is 0.375. The van der Waals surface area contributed by atoms with Gasteiger partial charge < -0.3 is 5.32 Å². The third kappa shape index (κ3) is 2.90. The smallest absolute Gasteiger partial charge is 0.255 e. The molecular weight excluding hydrogens is 280 g/mol. The summed E-state index contributed by atoms with van der Waals surface area (Å²) < 4.78 is 1.67. The van der Waals surface area contributed by atoms with Crippen molar-refractivity contribution >= 4 is 11.6 Å². The van der Waals surface area contributed by atoms with E-state index in [4.69, 9.17) is 0 Å². The fourth-order valence-corrected chi connectivity index (χ4v) is 2.28. The number of amides is 1. The Morgan fingerprint density at radius 2 is 2.00 bits per heavy atom. The first-order chi connectivity index (χ1) is 10.6. The molecule has 0 spiro atoms. The summed E-state index contributed by atoms with van der Waals surface area (Å²) in [5, 5.41) is 10.4. The van der Waals surface area contributed by atoms with Crippen molar-refractivity contribution in [2.75, 3.05) is 0 Å². The van der Waals surface area contributed by atoms with Gasteiger partial charge in [-0.05, 0) is 48.2 Å². The van der Waals surface area contributed by atoms with Crippen molar-refractivity contribution < 1.29 is 4.79 Å². The minimum Gasteiger partial charge on any atom is -0.349 e. The molecule has 3 rings (SSSR count). The fourth-order valence-electron chi connectivity index (χ4n) is 2.28. The van der Waals surface area contributed by atoms with Crippen LogP contribution in [0.2, 0.25) is 0 Å².